The van der Waals surface area contributed by atoms with Gasteiger partial charge in [0, 0.05) is 18.3 Å². The largest absolute Gasteiger partial charge is 0.497 e. The quantitative estimate of drug-likeness (QED) is 0.438. The number of anilines is 1. The average molecular weight is 574 g/mol. The summed E-state index contributed by atoms with van der Waals surface area (Å²) in [4.78, 5) is 43.8. The molecule has 2 bridgehead atoms. The summed E-state index contributed by atoms with van der Waals surface area (Å²) in [6.07, 6.45) is 7.28. The van der Waals surface area contributed by atoms with Crippen LogP contribution in [0, 0.1) is 17.8 Å². The molecule has 2 aromatic carbocycles. The lowest BCUT2D eigenvalue weighted by molar-refractivity contribution is -0.142. The lowest BCUT2D eigenvalue weighted by atomic mass is 9.74. The molecule has 2 N–H and O–H groups in total. The van der Waals surface area contributed by atoms with Gasteiger partial charge in [0.15, 0.2) is 0 Å². The van der Waals surface area contributed by atoms with E-state index in [1.807, 2.05) is 43.3 Å². The van der Waals surface area contributed by atoms with Gasteiger partial charge in [-0.1, -0.05) is 44.1 Å². The minimum atomic E-state index is -1.22. The number of likely N-dealkylation sites (tertiary alicyclic amines) is 1. The Hall–Kier alpha value is -3.85. The van der Waals surface area contributed by atoms with E-state index in [0.29, 0.717) is 29.7 Å². The van der Waals surface area contributed by atoms with E-state index in [9.17, 15) is 14.4 Å². The molecule has 2 aromatic rings. The number of ether oxygens (including phenoxy) is 3. The molecule has 1 spiro atoms. The first-order valence-electron chi connectivity index (χ1n) is 15.0. The van der Waals surface area contributed by atoms with Crippen molar-refractivity contribution >= 4 is 23.4 Å². The van der Waals surface area contributed by atoms with Crippen molar-refractivity contribution in [1.29, 1.82) is 0 Å². The van der Waals surface area contributed by atoms with Gasteiger partial charge in [-0.25, -0.2) is 0 Å². The molecule has 9 nitrogen and oxygen atoms in total. The molecule has 1 aliphatic carbocycles. The summed E-state index contributed by atoms with van der Waals surface area (Å²) in [5.74, 6) is -0.659. The van der Waals surface area contributed by atoms with Crippen LogP contribution >= 0.6 is 0 Å². The van der Waals surface area contributed by atoms with Crippen molar-refractivity contribution in [2.45, 2.75) is 69.9 Å². The molecule has 9 heteroatoms. The topological polar surface area (TPSA) is 106 Å². The zero-order valence-corrected chi connectivity index (χ0v) is 24.4. The molecule has 6 rings (SSSR count). The third-order valence-corrected chi connectivity index (χ3v) is 9.28. The fourth-order valence-electron chi connectivity index (χ4n) is 7.22. The van der Waals surface area contributed by atoms with Crippen molar-refractivity contribution in [3.05, 3.63) is 66.2 Å². The second-order valence-electron chi connectivity index (χ2n) is 11.8. The predicted molar refractivity (Wildman–Crippen MR) is 157 cm³/mol. The van der Waals surface area contributed by atoms with Crippen LogP contribution in [0.15, 0.2) is 60.7 Å². The van der Waals surface area contributed by atoms with Crippen molar-refractivity contribution in [3.63, 3.8) is 0 Å². The van der Waals surface area contributed by atoms with Crippen LogP contribution in [0.4, 0.5) is 5.69 Å². The van der Waals surface area contributed by atoms with Gasteiger partial charge < -0.3 is 29.7 Å². The number of nitrogens with one attached hydrogen (secondary N) is 2. The first-order valence-corrected chi connectivity index (χ1v) is 15.0. The Morgan fingerprint density at radius 1 is 1.07 bits per heavy atom. The van der Waals surface area contributed by atoms with E-state index in [1.165, 1.54) is 0 Å². The van der Waals surface area contributed by atoms with Gasteiger partial charge in [-0.3, -0.25) is 14.4 Å². The summed E-state index contributed by atoms with van der Waals surface area (Å²) in [6.45, 7) is 4.82. The van der Waals surface area contributed by atoms with Crippen molar-refractivity contribution in [2.24, 2.45) is 17.8 Å². The number of hydrogen-bond acceptors (Lipinski definition) is 6. The van der Waals surface area contributed by atoms with Crippen LogP contribution in [-0.4, -0.2) is 60.1 Å². The number of carbonyl (C=O) groups excluding carboxylic acids is 3. The van der Waals surface area contributed by atoms with E-state index in [1.54, 1.807) is 36.3 Å². The second-order valence-corrected chi connectivity index (χ2v) is 11.8. The molecule has 0 aromatic heterocycles. The molecular formula is C33H39N3O6. The molecule has 42 heavy (non-hydrogen) atoms. The summed E-state index contributed by atoms with van der Waals surface area (Å²) >= 11 is 0. The third-order valence-electron chi connectivity index (χ3n) is 9.28. The van der Waals surface area contributed by atoms with Gasteiger partial charge in [0.05, 0.1) is 31.7 Å². The maximum atomic E-state index is 14.3. The highest BCUT2D eigenvalue weighted by molar-refractivity contribution is 6.02. The number of methoxy groups -OCH3 is 1. The number of fused-ring (bicyclic) bond motifs is 1. The van der Waals surface area contributed by atoms with E-state index in [-0.39, 0.29) is 30.3 Å². The molecule has 222 valence electrons. The Morgan fingerprint density at radius 2 is 1.86 bits per heavy atom. The summed E-state index contributed by atoms with van der Waals surface area (Å²) < 4.78 is 17.4. The zero-order chi connectivity index (χ0) is 29.4. The van der Waals surface area contributed by atoms with Gasteiger partial charge in [-0.15, -0.1) is 0 Å². The molecule has 3 amide bonds. The van der Waals surface area contributed by atoms with E-state index >= 15 is 0 Å². The number of rotatable bonds is 9. The highest BCUT2D eigenvalue weighted by Gasteiger charge is 2.72. The molecule has 0 radical (unpaired) electrons. The van der Waals surface area contributed by atoms with Crippen molar-refractivity contribution in [3.8, 4) is 11.5 Å². The fraction of sp³-hybridized carbons (Fsp3) is 0.485. The monoisotopic (exact) mass is 573 g/mol. The van der Waals surface area contributed by atoms with Crippen molar-refractivity contribution in [1.82, 2.24) is 10.2 Å². The Balaban J connectivity index is 1.30. The first-order chi connectivity index (χ1) is 20.3. The smallest absolute Gasteiger partial charge is 0.246 e. The summed E-state index contributed by atoms with van der Waals surface area (Å²) in [7, 11) is 1.59. The number of nitrogens with zero attached hydrogens (tertiary/aromatic N) is 1. The Bertz CT molecular complexity index is 1380. The molecule has 3 aliphatic heterocycles. The fourth-order valence-corrected chi connectivity index (χ4v) is 7.22. The van der Waals surface area contributed by atoms with Crippen LogP contribution in [0.25, 0.3) is 0 Å². The molecule has 2 saturated heterocycles. The van der Waals surface area contributed by atoms with E-state index in [2.05, 4.69) is 17.6 Å². The number of hydrogen-bond donors (Lipinski definition) is 2. The van der Waals surface area contributed by atoms with Gasteiger partial charge in [0.25, 0.3) is 0 Å². The van der Waals surface area contributed by atoms with Gasteiger partial charge in [-0.2, -0.15) is 0 Å². The molecule has 3 heterocycles. The van der Waals surface area contributed by atoms with Crippen LogP contribution in [0.3, 0.4) is 0 Å². The molecule has 3 fully saturated rings. The third kappa shape index (κ3) is 4.93. The van der Waals surface area contributed by atoms with Gasteiger partial charge in [0.1, 0.15) is 23.1 Å². The Morgan fingerprint density at radius 3 is 2.60 bits per heavy atom. The lowest BCUT2D eigenvalue weighted by Gasteiger charge is -2.36. The standard InChI is InChI=1S/C33H39N3O6/c1-4-41-23-14-12-22(13-15-23)34-30(37)27-26-16-17-33(42-26)28(27)32(39)36(19-21-9-7-10-24(18-21)40-3)29(33)31(38)35-25-11-6-5-8-20(25)2/h7,9-10,12-18,20,25-29H,4-6,8,11,19H2,1-3H3,(H,34,37)(H,35,38)/t20-,25+,26+,27-,28+,29+,33+/m1/s1. The Labute approximate surface area is 246 Å². The van der Waals surface area contributed by atoms with Crippen molar-refractivity contribution in [2.75, 3.05) is 19.0 Å². The first kappa shape index (κ1) is 28.3. The molecule has 4 aliphatic rings. The summed E-state index contributed by atoms with van der Waals surface area (Å²) in [5, 5.41) is 6.24. The van der Waals surface area contributed by atoms with Gasteiger partial charge in [-0.05, 0) is 67.6 Å². The normalized spacial score (nSPS) is 31.1. The van der Waals surface area contributed by atoms with Gasteiger partial charge >= 0.3 is 0 Å². The van der Waals surface area contributed by atoms with Crippen LogP contribution in [0.5, 0.6) is 11.5 Å². The molecule has 1 saturated carbocycles. The minimum absolute atomic E-state index is 0.0387. The van der Waals surface area contributed by atoms with E-state index in [4.69, 9.17) is 14.2 Å². The van der Waals surface area contributed by atoms with E-state index < -0.39 is 29.6 Å². The second kappa shape index (κ2) is 11.4. The summed E-state index contributed by atoms with van der Waals surface area (Å²) in [6, 6.07) is 13.7. The van der Waals surface area contributed by atoms with E-state index in [0.717, 1.165) is 31.2 Å². The minimum Gasteiger partial charge on any atom is -0.497 e. The molecule has 7 atom stereocenters. The van der Waals surface area contributed by atoms with Crippen LogP contribution < -0.4 is 20.1 Å². The lowest BCUT2D eigenvalue weighted by Crippen LogP contribution is -2.57. The Kier molecular flexibility index (Phi) is 7.70. The average Bonchev–Trinajstić information content (AvgIpc) is 3.63. The van der Waals surface area contributed by atoms with Gasteiger partial charge in [0.2, 0.25) is 17.7 Å². The van der Waals surface area contributed by atoms with Crippen LogP contribution in [0.1, 0.15) is 45.1 Å². The zero-order valence-electron chi connectivity index (χ0n) is 24.4. The maximum absolute atomic E-state index is 14.3. The van der Waals surface area contributed by atoms with Crippen molar-refractivity contribution < 1.29 is 28.6 Å². The summed E-state index contributed by atoms with van der Waals surface area (Å²) in [5.41, 5.74) is 0.212. The number of benzene rings is 2. The molecular weight excluding hydrogens is 534 g/mol. The predicted octanol–water partition coefficient (Wildman–Crippen LogP) is 4.08. The number of carbonyl (C=O) groups is 3. The number of amides is 3. The maximum Gasteiger partial charge on any atom is 0.246 e. The SMILES string of the molecule is CCOc1ccc(NC(=O)[C@@H]2[C@@H]3C=C[C@]4(O3)[C@@H]2C(=O)N(Cc2cccc(OC)c2)[C@H]4C(=O)N[C@H]2CCCC[C@H]2C)cc1. The highest BCUT2D eigenvalue weighted by Crippen LogP contribution is 2.55. The van der Waals surface area contributed by atoms with Crippen LogP contribution in [0.2, 0.25) is 0 Å². The molecule has 0 unspecified atom stereocenters. The van der Waals surface area contributed by atoms with Crippen LogP contribution in [-0.2, 0) is 25.7 Å². The highest BCUT2D eigenvalue weighted by atomic mass is 16.5.